The van der Waals surface area contributed by atoms with E-state index in [0.29, 0.717) is 0 Å². The third kappa shape index (κ3) is 3.52. The Kier molecular flexibility index (Phi) is 5.30. The summed E-state index contributed by atoms with van der Waals surface area (Å²) in [5.74, 6) is 1.79. The summed E-state index contributed by atoms with van der Waals surface area (Å²) >= 11 is 8.52. The third-order valence-electron chi connectivity index (χ3n) is 3.03. The standard InChI is InChI=1S/C15H17ClINO/c1-3-13(18-4-2)15-8-7-14(19-15)11-6-5-10(17)9-12(11)16/h5-9,13,18H,3-4H2,1-2H3. The van der Waals surface area contributed by atoms with Gasteiger partial charge in [0.25, 0.3) is 0 Å². The van der Waals surface area contributed by atoms with Crippen molar-refractivity contribution < 1.29 is 4.42 Å². The quantitative estimate of drug-likeness (QED) is 0.705. The van der Waals surface area contributed by atoms with Gasteiger partial charge in [0.15, 0.2) is 0 Å². The van der Waals surface area contributed by atoms with Crippen LogP contribution in [0.2, 0.25) is 5.02 Å². The summed E-state index contributed by atoms with van der Waals surface area (Å²) in [6.07, 6.45) is 1.00. The van der Waals surface area contributed by atoms with Gasteiger partial charge in [-0.2, -0.15) is 0 Å². The lowest BCUT2D eigenvalue weighted by molar-refractivity contribution is 0.417. The number of nitrogens with one attached hydrogen (secondary N) is 1. The number of rotatable bonds is 5. The van der Waals surface area contributed by atoms with Gasteiger partial charge in [-0.25, -0.2) is 0 Å². The van der Waals surface area contributed by atoms with Crippen molar-refractivity contribution in [3.05, 3.63) is 44.7 Å². The molecular weight excluding hydrogens is 373 g/mol. The van der Waals surface area contributed by atoms with Crippen LogP contribution in [0.4, 0.5) is 0 Å². The molecule has 1 aromatic carbocycles. The molecule has 2 nitrogen and oxygen atoms in total. The number of furan rings is 1. The van der Waals surface area contributed by atoms with Gasteiger partial charge in [0.1, 0.15) is 11.5 Å². The lowest BCUT2D eigenvalue weighted by Gasteiger charge is -2.12. The minimum absolute atomic E-state index is 0.265. The van der Waals surface area contributed by atoms with Gasteiger partial charge in [-0.1, -0.05) is 25.4 Å². The van der Waals surface area contributed by atoms with Crippen LogP contribution >= 0.6 is 34.2 Å². The first-order valence-electron chi connectivity index (χ1n) is 6.44. The van der Waals surface area contributed by atoms with E-state index < -0.39 is 0 Å². The lowest BCUT2D eigenvalue weighted by atomic mass is 10.1. The first-order valence-corrected chi connectivity index (χ1v) is 7.90. The zero-order chi connectivity index (χ0) is 13.8. The van der Waals surface area contributed by atoms with E-state index in [1.165, 1.54) is 0 Å². The summed E-state index contributed by atoms with van der Waals surface area (Å²) in [7, 11) is 0. The highest BCUT2D eigenvalue weighted by Gasteiger charge is 2.14. The number of hydrogen-bond acceptors (Lipinski definition) is 2. The molecule has 0 aliphatic heterocycles. The molecule has 4 heteroatoms. The Balaban J connectivity index is 2.29. The van der Waals surface area contributed by atoms with Gasteiger partial charge in [-0.05, 0) is 65.9 Å². The van der Waals surface area contributed by atoms with Crippen LogP contribution in [0.3, 0.4) is 0 Å². The van der Waals surface area contributed by atoms with E-state index >= 15 is 0 Å². The zero-order valence-corrected chi connectivity index (χ0v) is 14.0. The van der Waals surface area contributed by atoms with Crippen molar-refractivity contribution in [2.45, 2.75) is 26.3 Å². The molecule has 2 aromatic rings. The molecule has 0 bridgehead atoms. The summed E-state index contributed by atoms with van der Waals surface area (Å²) in [6, 6.07) is 10.3. The minimum Gasteiger partial charge on any atom is -0.459 e. The van der Waals surface area contributed by atoms with Crippen molar-refractivity contribution in [1.29, 1.82) is 0 Å². The molecule has 0 spiro atoms. The normalized spacial score (nSPS) is 12.6. The summed E-state index contributed by atoms with van der Waals surface area (Å²) in [6.45, 7) is 5.18. The van der Waals surface area contributed by atoms with Gasteiger partial charge in [0.05, 0.1) is 11.1 Å². The number of benzene rings is 1. The average Bonchev–Trinajstić information content (AvgIpc) is 2.85. The highest BCUT2D eigenvalue weighted by atomic mass is 127. The summed E-state index contributed by atoms with van der Waals surface area (Å²) in [5, 5.41) is 4.14. The molecule has 1 atom stereocenters. The molecule has 1 aromatic heterocycles. The topological polar surface area (TPSA) is 25.2 Å². The van der Waals surface area contributed by atoms with Crippen molar-refractivity contribution in [2.75, 3.05) is 6.54 Å². The predicted molar refractivity (Wildman–Crippen MR) is 88.6 cm³/mol. The SMILES string of the molecule is CCNC(CC)c1ccc(-c2ccc(I)cc2Cl)o1. The molecule has 102 valence electrons. The van der Waals surface area contributed by atoms with Crippen molar-refractivity contribution in [1.82, 2.24) is 5.32 Å². The Morgan fingerprint density at radius 3 is 2.68 bits per heavy atom. The molecule has 1 heterocycles. The van der Waals surface area contributed by atoms with Crippen LogP contribution in [-0.4, -0.2) is 6.54 Å². The lowest BCUT2D eigenvalue weighted by Crippen LogP contribution is -2.19. The predicted octanol–water partition coefficient (Wildman–Crippen LogP) is 5.27. The van der Waals surface area contributed by atoms with Gasteiger partial charge < -0.3 is 9.73 Å². The summed E-state index contributed by atoms with van der Waals surface area (Å²) < 4.78 is 7.07. The maximum atomic E-state index is 6.27. The summed E-state index contributed by atoms with van der Waals surface area (Å²) in [5.41, 5.74) is 0.944. The first-order chi connectivity index (χ1) is 9.15. The second-order valence-corrected chi connectivity index (χ2v) is 6.00. The molecule has 0 fully saturated rings. The van der Waals surface area contributed by atoms with Crippen LogP contribution in [0.5, 0.6) is 0 Å². The Morgan fingerprint density at radius 2 is 2.05 bits per heavy atom. The molecular formula is C15H17ClINO. The molecule has 1 unspecified atom stereocenters. The molecule has 0 aliphatic carbocycles. The molecule has 2 rings (SSSR count). The Labute approximate surface area is 132 Å². The van der Waals surface area contributed by atoms with Crippen molar-refractivity contribution in [2.24, 2.45) is 0 Å². The Morgan fingerprint density at radius 1 is 1.26 bits per heavy atom. The molecule has 0 saturated heterocycles. The number of halogens is 2. The highest BCUT2D eigenvalue weighted by Crippen LogP contribution is 2.32. The Hall–Kier alpha value is -0.520. The van der Waals surface area contributed by atoms with Crippen LogP contribution in [0, 0.1) is 3.57 Å². The fourth-order valence-electron chi connectivity index (χ4n) is 2.07. The fourth-order valence-corrected chi connectivity index (χ4v) is 3.02. The fraction of sp³-hybridized carbons (Fsp3) is 0.333. The van der Waals surface area contributed by atoms with E-state index in [1.54, 1.807) is 0 Å². The molecule has 0 radical (unpaired) electrons. The maximum Gasteiger partial charge on any atom is 0.135 e. The average molecular weight is 390 g/mol. The maximum absolute atomic E-state index is 6.27. The highest BCUT2D eigenvalue weighted by molar-refractivity contribution is 14.1. The van der Waals surface area contributed by atoms with Crippen molar-refractivity contribution in [3.8, 4) is 11.3 Å². The Bertz CT molecular complexity index is 553. The largest absolute Gasteiger partial charge is 0.459 e. The summed E-state index contributed by atoms with van der Waals surface area (Å²) in [4.78, 5) is 0. The molecule has 0 saturated carbocycles. The second-order valence-electron chi connectivity index (χ2n) is 4.34. The molecule has 0 aliphatic rings. The molecule has 19 heavy (non-hydrogen) atoms. The van der Waals surface area contributed by atoms with E-state index in [0.717, 1.165) is 38.6 Å². The van der Waals surface area contributed by atoms with E-state index in [9.17, 15) is 0 Å². The van der Waals surface area contributed by atoms with Crippen molar-refractivity contribution in [3.63, 3.8) is 0 Å². The van der Waals surface area contributed by atoms with Gasteiger partial charge in [-0.3, -0.25) is 0 Å². The van der Waals surface area contributed by atoms with Crippen LogP contribution < -0.4 is 5.32 Å². The van der Waals surface area contributed by atoms with Gasteiger partial charge in [-0.15, -0.1) is 0 Å². The second kappa shape index (κ2) is 6.77. The van der Waals surface area contributed by atoms with E-state index in [-0.39, 0.29) is 6.04 Å². The zero-order valence-electron chi connectivity index (χ0n) is 11.0. The minimum atomic E-state index is 0.265. The van der Waals surface area contributed by atoms with Crippen LogP contribution in [0.25, 0.3) is 11.3 Å². The smallest absolute Gasteiger partial charge is 0.135 e. The monoisotopic (exact) mass is 389 g/mol. The number of hydrogen-bond donors (Lipinski definition) is 1. The van der Waals surface area contributed by atoms with Crippen molar-refractivity contribution >= 4 is 34.2 Å². The van der Waals surface area contributed by atoms with Crippen LogP contribution in [0.1, 0.15) is 32.1 Å². The third-order valence-corrected chi connectivity index (χ3v) is 4.01. The van der Waals surface area contributed by atoms with Crippen LogP contribution in [-0.2, 0) is 0 Å². The van der Waals surface area contributed by atoms with Gasteiger partial charge in [0.2, 0.25) is 0 Å². The van der Waals surface area contributed by atoms with E-state index in [2.05, 4.69) is 41.8 Å². The van der Waals surface area contributed by atoms with Gasteiger partial charge in [0, 0.05) is 9.13 Å². The van der Waals surface area contributed by atoms with E-state index in [4.69, 9.17) is 16.0 Å². The van der Waals surface area contributed by atoms with Gasteiger partial charge >= 0.3 is 0 Å². The van der Waals surface area contributed by atoms with Crippen LogP contribution in [0.15, 0.2) is 34.7 Å². The molecule has 0 amide bonds. The molecule has 1 N–H and O–H groups in total. The van der Waals surface area contributed by atoms with E-state index in [1.807, 2.05) is 30.3 Å². The first kappa shape index (κ1) is 14.9.